The number of allylic oxidation sites excluding steroid dienone is 1. The van der Waals surface area contributed by atoms with Gasteiger partial charge in [0, 0.05) is 23.7 Å². The summed E-state index contributed by atoms with van der Waals surface area (Å²) < 4.78 is 2.22. The quantitative estimate of drug-likeness (QED) is 0.632. The van der Waals surface area contributed by atoms with Crippen molar-refractivity contribution in [2.45, 2.75) is 13.3 Å². The van der Waals surface area contributed by atoms with E-state index in [1.165, 1.54) is 16.7 Å². The van der Waals surface area contributed by atoms with Crippen LogP contribution in [0.1, 0.15) is 18.3 Å². The smallest absolute Gasteiger partial charge is 0.0695 e. The number of halogens is 1. The molecule has 0 radical (unpaired) electrons. The molecule has 0 aromatic carbocycles. The molecule has 0 aliphatic carbocycles. The molecule has 0 saturated heterocycles. The lowest BCUT2D eigenvalue weighted by molar-refractivity contribution is 0.830. The highest BCUT2D eigenvalue weighted by Crippen LogP contribution is 2.30. The van der Waals surface area contributed by atoms with Crippen molar-refractivity contribution in [3.05, 3.63) is 22.5 Å². The van der Waals surface area contributed by atoms with Gasteiger partial charge in [-0.15, -0.1) is 0 Å². The van der Waals surface area contributed by atoms with Crippen molar-refractivity contribution in [2.75, 3.05) is 6.16 Å². The molecule has 1 aliphatic rings. The van der Waals surface area contributed by atoms with E-state index in [1.54, 1.807) is 0 Å². The van der Waals surface area contributed by atoms with E-state index in [0.29, 0.717) is 0 Å². The Bertz CT molecular complexity index is 365. The molecule has 0 fully saturated rings. The largest absolute Gasteiger partial charge is 0.346 e. The molecular weight excluding hydrogens is 201 g/mol. The van der Waals surface area contributed by atoms with Gasteiger partial charge in [0.2, 0.25) is 0 Å². The van der Waals surface area contributed by atoms with Crippen LogP contribution >= 0.6 is 20.2 Å². The van der Waals surface area contributed by atoms with Crippen LogP contribution in [0.3, 0.4) is 0 Å². The highest BCUT2D eigenvalue weighted by molar-refractivity contribution is 7.48. The molecule has 2 heterocycles. The van der Waals surface area contributed by atoms with Gasteiger partial charge in [-0.2, -0.15) is 0 Å². The minimum absolute atomic E-state index is 0.852. The van der Waals surface area contributed by atoms with Gasteiger partial charge in [0.15, 0.2) is 0 Å². The first-order valence-electron chi connectivity index (χ1n) is 4.53. The fourth-order valence-corrected chi connectivity index (χ4v) is 3.53. The monoisotopic (exact) mass is 213 g/mol. The summed E-state index contributed by atoms with van der Waals surface area (Å²) >= 11 is 6.30. The van der Waals surface area contributed by atoms with Crippen LogP contribution in [0.25, 0.3) is 6.08 Å². The molecule has 3 heteroatoms. The van der Waals surface area contributed by atoms with Crippen LogP contribution in [0, 0.1) is 0 Å². The van der Waals surface area contributed by atoms with Gasteiger partial charge < -0.3 is 4.57 Å². The second-order valence-corrected chi connectivity index (χ2v) is 4.86. The zero-order chi connectivity index (χ0) is 9.42. The molecule has 0 spiro atoms. The summed E-state index contributed by atoms with van der Waals surface area (Å²) in [7, 11) is 2.95. The zero-order valence-electron chi connectivity index (χ0n) is 7.89. The van der Waals surface area contributed by atoms with Gasteiger partial charge in [-0.1, -0.05) is 33.2 Å². The van der Waals surface area contributed by atoms with E-state index in [1.807, 2.05) is 0 Å². The second-order valence-electron chi connectivity index (χ2n) is 3.22. The summed E-state index contributed by atoms with van der Waals surface area (Å²) in [5.74, 6) is 0. The standard InChI is InChI=1S/C10H13ClNP/c1-3-7-9(11)10-8(12(7)2)5-4-6-13-10/h4-5,13H,3,6H2,1-2H3. The van der Waals surface area contributed by atoms with Crippen LogP contribution in [0.2, 0.25) is 5.02 Å². The van der Waals surface area contributed by atoms with Crippen LogP contribution in [-0.4, -0.2) is 10.7 Å². The van der Waals surface area contributed by atoms with Crippen molar-refractivity contribution in [3.8, 4) is 0 Å². The normalized spacial score (nSPS) is 16.5. The van der Waals surface area contributed by atoms with Gasteiger partial charge >= 0.3 is 0 Å². The number of fused-ring (bicyclic) bond motifs is 1. The maximum absolute atomic E-state index is 6.30. The predicted octanol–water partition coefficient (Wildman–Crippen LogP) is 2.57. The Labute approximate surface area is 85.6 Å². The van der Waals surface area contributed by atoms with E-state index in [2.05, 4.69) is 30.7 Å². The van der Waals surface area contributed by atoms with Crippen LogP contribution in [0.5, 0.6) is 0 Å². The lowest BCUT2D eigenvalue weighted by Gasteiger charge is -2.07. The lowest BCUT2D eigenvalue weighted by Crippen LogP contribution is -2.05. The van der Waals surface area contributed by atoms with Gasteiger partial charge in [0.25, 0.3) is 0 Å². The lowest BCUT2D eigenvalue weighted by atomic mass is 10.3. The molecule has 0 bridgehead atoms. The summed E-state index contributed by atoms with van der Waals surface area (Å²) in [6.45, 7) is 2.15. The summed E-state index contributed by atoms with van der Waals surface area (Å²) in [5, 5.41) is 2.37. The van der Waals surface area contributed by atoms with Crippen LogP contribution in [0.4, 0.5) is 0 Å². The molecule has 0 N–H and O–H groups in total. The first-order chi connectivity index (χ1) is 6.25. The Kier molecular flexibility index (Phi) is 2.49. The van der Waals surface area contributed by atoms with E-state index >= 15 is 0 Å². The SMILES string of the molecule is CCc1c(Cl)c2c(n1C)C=CCP2. The van der Waals surface area contributed by atoms with Crippen LogP contribution in [-0.2, 0) is 13.5 Å². The molecule has 1 aromatic heterocycles. The van der Waals surface area contributed by atoms with Crippen molar-refractivity contribution in [1.82, 2.24) is 4.57 Å². The Hall–Kier alpha value is -0.260. The third-order valence-corrected chi connectivity index (χ3v) is 4.37. The number of hydrogen-bond donors (Lipinski definition) is 0. The second kappa shape index (κ2) is 3.48. The highest BCUT2D eigenvalue weighted by atomic mass is 35.5. The molecule has 70 valence electrons. The van der Waals surface area contributed by atoms with E-state index in [4.69, 9.17) is 11.6 Å². The van der Waals surface area contributed by atoms with Crippen LogP contribution in [0.15, 0.2) is 6.08 Å². The number of nitrogens with zero attached hydrogens (tertiary/aromatic N) is 1. The summed E-state index contributed by atoms with van der Waals surface area (Å²) in [5.41, 5.74) is 2.58. The fourth-order valence-electron chi connectivity index (χ4n) is 1.80. The molecule has 0 amide bonds. The maximum atomic E-state index is 6.30. The fraction of sp³-hybridized carbons (Fsp3) is 0.400. The molecule has 1 atom stereocenters. The minimum atomic E-state index is 0.852. The van der Waals surface area contributed by atoms with Gasteiger partial charge in [-0.05, 0) is 18.7 Å². The molecule has 2 rings (SSSR count). The third kappa shape index (κ3) is 1.35. The van der Waals surface area contributed by atoms with E-state index < -0.39 is 0 Å². The molecule has 1 aliphatic heterocycles. The minimum Gasteiger partial charge on any atom is -0.346 e. The first kappa shape index (κ1) is 9.30. The Morgan fingerprint density at radius 2 is 2.38 bits per heavy atom. The molecule has 1 nitrogen and oxygen atoms in total. The van der Waals surface area contributed by atoms with E-state index in [9.17, 15) is 0 Å². The summed E-state index contributed by atoms with van der Waals surface area (Å²) in [6, 6.07) is 0. The van der Waals surface area contributed by atoms with Gasteiger partial charge in [-0.3, -0.25) is 0 Å². The Balaban J connectivity index is 2.64. The van der Waals surface area contributed by atoms with Crippen molar-refractivity contribution in [3.63, 3.8) is 0 Å². The van der Waals surface area contributed by atoms with E-state index in [0.717, 1.165) is 26.2 Å². The summed E-state index contributed by atoms with van der Waals surface area (Å²) in [6.07, 6.45) is 6.59. The molecule has 0 saturated carbocycles. The number of hydrogen-bond acceptors (Lipinski definition) is 0. The zero-order valence-corrected chi connectivity index (χ0v) is 9.65. The third-order valence-electron chi connectivity index (χ3n) is 2.50. The van der Waals surface area contributed by atoms with E-state index in [-0.39, 0.29) is 0 Å². The van der Waals surface area contributed by atoms with Crippen molar-refractivity contribution >= 4 is 31.6 Å². The summed E-state index contributed by atoms with van der Waals surface area (Å²) in [4.78, 5) is 0. The van der Waals surface area contributed by atoms with Gasteiger partial charge in [-0.25, -0.2) is 0 Å². The number of rotatable bonds is 1. The molecule has 1 aromatic rings. The maximum Gasteiger partial charge on any atom is 0.0695 e. The first-order valence-corrected chi connectivity index (χ1v) is 6.11. The predicted molar refractivity (Wildman–Crippen MR) is 61.7 cm³/mol. The van der Waals surface area contributed by atoms with Crippen molar-refractivity contribution in [1.29, 1.82) is 0 Å². The Morgan fingerprint density at radius 1 is 1.62 bits per heavy atom. The molecular formula is C10H13ClNP. The van der Waals surface area contributed by atoms with Crippen LogP contribution < -0.4 is 5.30 Å². The average Bonchev–Trinajstić information content (AvgIpc) is 2.41. The number of aromatic nitrogens is 1. The molecule has 1 unspecified atom stereocenters. The topological polar surface area (TPSA) is 4.93 Å². The molecule has 13 heavy (non-hydrogen) atoms. The van der Waals surface area contributed by atoms with Gasteiger partial charge in [0.1, 0.15) is 0 Å². The average molecular weight is 214 g/mol. The highest BCUT2D eigenvalue weighted by Gasteiger charge is 2.17. The van der Waals surface area contributed by atoms with Crippen molar-refractivity contribution in [2.24, 2.45) is 7.05 Å². The Morgan fingerprint density at radius 3 is 3.00 bits per heavy atom. The van der Waals surface area contributed by atoms with Gasteiger partial charge in [0.05, 0.1) is 5.02 Å². The van der Waals surface area contributed by atoms with Crippen molar-refractivity contribution < 1.29 is 0 Å².